The second kappa shape index (κ2) is 12.1. The van der Waals surface area contributed by atoms with Crippen LogP contribution in [0.5, 0.6) is 0 Å². The highest BCUT2D eigenvalue weighted by molar-refractivity contribution is 14.0. The molecule has 1 aromatic carbocycles. The quantitative estimate of drug-likeness (QED) is 0.273. The summed E-state index contributed by atoms with van der Waals surface area (Å²) < 4.78 is 7.41. The van der Waals surface area contributed by atoms with Crippen LogP contribution < -0.4 is 10.6 Å². The Morgan fingerprint density at radius 1 is 1.31 bits per heavy atom. The van der Waals surface area contributed by atoms with Gasteiger partial charge in [0.1, 0.15) is 0 Å². The molecular weight excluding hydrogens is 481 g/mol. The number of nitrogens with zero attached hydrogens (tertiary/aromatic N) is 3. The number of hydrogen-bond donors (Lipinski definition) is 3. The summed E-state index contributed by atoms with van der Waals surface area (Å²) in [5.41, 5.74) is 2.30. The van der Waals surface area contributed by atoms with Crippen LogP contribution in [0, 0.1) is 5.41 Å². The monoisotopic (exact) mass is 513 g/mol. The van der Waals surface area contributed by atoms with Crippen molar-refractivity contribution in [3.63, 3.8) is 0 Å². The number of aliphatic hydroxyl groups excluding tert-OH is 1. The highest BCUT2D eigenvalue weighted by Gasteiger charge is 2.34. The van der Waals surface area contributed by atoms with E-state index < -0.39 is 0 Å². The fraction of sp³-hybridized carbons (Fsp3) is 0.524. The Balaban J connectivity index is 0.00000300. The van der Waals surface area contributed by atoms with Gasteiger partial charge < -0.3 is 20.5 Å². The molecule has 160 valence electrons. The van der Waals surface area contributed by atoms with Crippen molar-refractivity contribution in [3.05, 3.63) is 48.3 Å². The van der Waals surface area contributed by atoms with Crippen LogP contribution in [0.25, 0.3) is 5.69 Å². The predicted molar refractivity (Wildman–Crippen MR) is 126 cm³/mol. The number of guanidine groups is 1. The van der Waals surface area contributed by atoms with Crippen LogP contribution in [0.3, 0.4) is 0 Å². The smallest absolute Gasteiger partial charge is 0.191 e. The molecule has 0 saturated carbocycles. The van der Waals surface area contributed by atoms with Crippen molar-refractivity contribution in [2.45, 2.75) is 26.2 Å². The number of nitrogens with one attached hydrogen (secondary N) is 2. The summed E-state index contributed by atoms with van der Waals surface area (Å²) in [5.74, 6) is 0.819. The fourth-order valence-corrected chi connectivity index (χ4v) is 3.44. The van der Waals surface area contributed by atoms with Crippen molar-refractivity contribution in [1.82, 2.24) is 20.4 Å². The van der Waals surface area contributed by atoms with E-state index in [1.54, 1.807) is 6.20 Å². The van der Waals surface area contributed by atoms with E-state index in [0.29, 0.717) is 13.2 Å². The van der Waals surface area contributed by atoms with Crippen LogP contribution in [0.1, 0.15) is 25.3 Å². The molecule has 29 heavy (non-hydrogen) atoms. The zero-order chi connectivity index (χ0) is 19.7. The lowest BCUT2D eigenvalue weighted by Crippen LogP contribution is -2.39. The Morgan fingerprint density at radius 3 is 2.76 bits per heavy atom. The van der Waals surface area contributed by atoms with E-state index in [2.05, 4.69) is 46.9 Å². The lowest BCUT2D eigenvalue weighted by molar-refractivity contribution is 0.131. The molecule has 1 saturated heterocycles. The Bertz CT molecular complexity index is 728. The van der Waals surface area contributed by atoms with Crippen LogP contribution in [0.2, 0.25) is 0 Å². The Kier molecular flexibility index (Phi) is 9.89. The van der Waals surface area contributed by atoms with Gasteiger partial charge in [-0.25, -0.2) is 4.68 Å². The van der Waals surface area contributed by atoms with E-state index in [0.717, 1.165) is 50.6 Å². The van der Waals surface area contributed by atoms with Gasteiger partial charge in [-0.15, -0.1) is 24.0 Å². The summed E-state index contributed by atoms with van der Waals surface area (Å²) in [6, 6.07) is 10.4. The Morgan fingerprint density at radius 2 is 2.14 bits per heavy atom. The molecule has 1 unspecified atom stereocenters. The van der Waals surface area contributed by atoms with E-state index in [-0.39, 0.29) is 36.0 Å². The molecule has 1 atom stereocenters. The summed E-state index contributed by atoms with van der Waals surface area (Å²) in [6.45, 7) is 5.96. The van der Waals surface area contributed by atoms with Gasteiger partial charge in [0.05, 0.1) is 18.8 Å². The molecule has 1 aliphatic heterocycles. The predicted octanol–water partition coefficient (Wildman–Crippen LogP) is 2.38. The van der Waals surface area contributed by atoms with Gasteiger partial charge in [-0.2, -0.15) is 5.10 Å². The second-order valence-electron chi connectivity index (χ2n) is 7.27. The molecule has 3 rings (SSSR count). The largest absolute Gasteiger partial charge is 0.396 e. The molecule has 1 aliphatic rings. The first-order valence-electron chi connectivity index (χ1n) is 10.0. The zero-order valence-electron chi connectivity index (χ0n) is 17.0. The minimum absolute atomic E-state index is 0. The standard InChI is InChI=1S/C21H31N5O2.HI/c1-2-22-20(24-16-21(9-14-27)10-15-28-17-21)23-12-8-18-4-6-19(7-5-18)26-13-3-11-25-26;/h3-7,11,13,27H,2,8-10,12,14-17H2,1H3,(H2,22,23,24);1H. The van der Waals surface area contributed by atoms with Gasteiger partial charge in [-0.3, -0.25) is 4.99 Å². The highest BCUT2D eigenvalue weighted by Crippen LogP contribution is 2.32. The average molecular weight is 513 g/mol. The van der Waals surface area contributed by atoms with E-state index in [4.69, 9.17) is 9.73 Å². The molecule has 0 spiro atoms. The van der Waals surface area contributed by atoms with Gasteiger partial charge in [0, 0.05) is 44.1 Å². The first kappa shape index (κ1) is 23.6. The van der Waals surface area contributed by atoms with Gasteiger partial charge in [-0.05, 0) is 49.9 Å². The van der Waals surface area contributed by atoms with Crippen molar-refractivity contribution in [2.75, 3.05) is 39.5 Å². The van der Waals surface area contributed by atoms with Crippen LogP contribution in [0.15, 0.2) is 47.7 Å². The van der Waals surface area contributed by atoms with Crippen LogP contribution in [0.4, 0.5) is 0 Å². The van der Waals surface area contributed by atoms with Crippen molar-refractivity contribution in [3.8, 4) is 5.69 Å². The average Bonchev–Trinajstić information content (AvgIpc) is 3.40. The first-order valence-corrected chi connectivity index (χ1v) is 10.0. The van der Waals surface area contributed by atoms with Crippen LogP contribution >= 0.6 is 24.0 Å². The maximum Gasteiger partial charge on any atom is 0.191 e. The SMILES string of the molecule is CCNC(=NCC1(CCO)CCOC1)NCCc1ccc(-n2cccn2)cc1.I. The van der Waals surface area contributed by atoms with Gasteiger partial charge >= 0.3 is 0 Å². The molecule has 1 aromatic heterocycles. The number of aromatic nitrogens is 2. The molecule has 0 aliphatic carbocycles. The van der Waals surface area contributed by atoms with E-state index >= 15 is 0 Å². The van der Waals surface area contributed by atoms with Gasteiger partial charge in [-0.1, -0.05) is 12.1 Å². The van der Waals surface area contributed by atoms with Gasteiger partial charge in [0.15, 0.2) is 5.96 Å². The van der Waals surface area contributed by atoms with Crippen LogP contribution in [-0.2, 0) is 11.2 Å². The Hall–Kier alpha value is -1.65. The van der Waals surface area contributed by atoms with E-state index in [1.807, 2.05) is 16.9 Å². The minimum Gasteiger partial charge on any atom is -0.396 e. The lowest BCUT2D eigenvalue weighted by atomic mass is 9.84. The fourth-order valence-electron chi connectivity index (χ4n) is 3.44. The normalized spacial score (nSPS) is 19.0. The third-order valence-corrected chi connectivity index (χ3v) is 5.16. The first-order chi connectivity index (χ1) is 13.7. The van der Waals surface area contributed by atoms with Crippen molar-refractivity contribution in [2.24, 2.45) is 10.4 Å². The second-order valence-corrected chi connectivity index (χ2v) is 7.27. The molecule has 3 N–H and O–H groups in total. The summed E-state index contributed by atoms with van der Waals surface area (Å²) in [7, 11) is 0. The molecular formula is C21H32IN5O2. The summed E-state index contributed by atoms with van der Waals surface area (Å²) in [5, 5.41) is 20.3. The molecule has 0 radical (unpaired) electrons. The number of aliphatic hydroxyl groups is 1. The minimum atomic E-state index is -0.0283. The number of aliphatic imine (C=N–C) groups is 1. The number of halogens is 1. The maximum atomic E-state index is 9.37. The third-order valence-electron chi connectivity index (χ3n) is 5.16. The zero-order valence-corrected chi connectivity index (χ0v) is 19.3. The van der Waals surface area contributed by atoms with E-state index in [9.17, 15) is 5.11 Å². The van der Waals surface area contributed by atoms with E-state index in [1.165, 1.54) is 5.56 Å². The van der Waals surface area contributed by atoms with Crippen LogP contribution in [-0.4, -0.2) is 60.3 Å². The van der Waals surface area contributed by atoms with Crippen molar-refractivity contribution < 1.29 is 9.84 Å². The number of ether oxygens (including phenoxy) is 1. The van der Waals surface area contributed by atoms with Gasteiger partial charge in [0.25, 0.3) is 0 Å². The summed E-state index contributed by atoms with van der Waals surface area (Å²) in [6.07, 6.45) is 6.32. The molecule has 8 heteroatoms. The topological polar surface area (TPSA) is 83.7 Å². The molecule has 0 bridgehead atoms. The Labute approximate surface area is 190 Å². The highest BCUT2D eigenvalue weighted by atomic mass is 127. The lowest BCUT2D eigenvalue weighted by Gasteiger charge is -2.24. The molecule has 2 aromatic rings. The molecule has 7 nitrogen and oxygen atoms in total. The number of benzene rings is 1. The molecule has 0 amide bonds. The molecule has 2 heterocycles. The summed E-state index contributed by atoms with van der Waals surface area (Å²) >= 11 is 0. The third kappa shape index (κ3) is 6.97. The molecule has 1 fully saturated rings. The van der Waals surface area contributed by atoms with Crippen molar-refractivity contribution in [1.29, 1.82) is 0 Å². The summed E-state index contributed by atoms with van der Waals surface area (Å²) in [4.78, 5) is 4.76. The number of hydrogen-bond acceptors (Lipinski definition) is 4. The maximum absolute atomic E-state index is 9.37. The van der Waals surface area contributed by atoms with Crippen molar-refractivity contribution >= 4 is 29.9 Å². The van der Waals surface area contributed by atoms with Gasteiger partial charge in [0.2, 0.25) is 0 Å². The number of rotatable bonds is 9.